The second-order valence-electron chi connectivity index (χ2n) is 8.04. The van der Waals surface area contributed by atoms with Crippen LogP contribution < -0.4 is 5.48 Å². The van der Waals surface area contributed by atoms with Crippen LogP contribution in [-0.4, -0.2) is 45.7 Å². The summed E-state index contributed by atoms with van der Waals surface area (Å²) in [7, 11) is 0. The minimum Gasteiger partial charge on any atom is -0.390 e. The molecule has 0 aromatic heterocycles. The molecule has 0 spiro atoms. The lowest BCUT2D eigenvalue weighted by atomic mass is 9.69. The molecule has 1 aromatic carbocycles. The minimum atomic E-state index is -0.939. The molecule has 152 valence electrons. The lowest BCUT2D eigenvalue weighted by Gasteiger charge is -2.41. The first-order chi connectivity index (χ1) is 13.5. The number of benzene rings is 1. The fraction of sp³-hybridized carbons (Fsp3) is 0.545. The highest BCUT2D eigenvalue weighted by Gasteiger charge is 2.46. The van der Waals surface area contributed by atoms with Crippen LogP contribution in [0.3, 0.4) is 0 Å². The third kappa shape index (κ3) is 4.45. The van der Waals surface area contributed by atoms with Crippen molar-refractivity contribution in [2.24, 2.45) is 11.8 Å². The molecule has 0 bridgehead atoms. The third-order valence-corrected chi connectivity index (χ3v) is 6.15. The van der Waals surface area contributed by atoms with Crippen LogP contribution in [0.1, 0.15) is 51.0 Å². The molecule has 0 saturated heterocycles. The third-order valence-electron chi connectivity index (χ3n) is 6.15. The van der Waals surface area contributed by atoms with Crippen LogP contribution in [0, 0.1) is 11.8 Å². The molecule has 1 aromatic rings. The minimum absolute atomic E-state index is 0.0597. The highest BCUT2D eigenvalue weighted by atomic mass is 16.5. The first-order valence-electron chi connectivity index (χ1n) is 10.2. The maximum Gasteiger partial charge on any atom is 0.247 e. The SMILES string of the molecule is CCC[C@@]1(O)CC[C@H](C(=O)N2CC=C(c3ccccc3)CC2)[C@@H](C(=O)NO)C1. The van der Waals surface area contributed by atoms with Crippen LogP contribution in [0.2, 0.25) is 0 Å². The summed E-state index contributed by atoms with van der Waals surface area (Å²) in [5.74, 6) is -1.85. The van der Waals surface area contributed by atoms with E-state index < -0.39 is 23.3 Å². The molecule has 3 rings (SSSR count). The Labute approximate surface area is 166 Å². The van der Waals surface area contributed by atoms with Gasteiger partial charge in [-0.2, -0.15) is 0 Å². The van der Waals surface area contributed by atoms with Crippen LogP contribution in [0.4, 0.5) is 0 Å². The Hall–Kier alpha value is -2.18. The van der Waals surface area contributed by atoms with Crippen molar-refractivity contribution < 1.29 is 19.9 Å². The fourth-order valence-corrected chi connectivity index (χ4v) is 4.64. The van der Waals surface area contributed by atoms with Crippen molar-refractivity contribution in [2.75, 3.05) is 13.1 Å². The number of hydrogen-bond donors (Lipinski definition) is 3. The van der Waals surface area contributed by atoms with E-state index in [-0.39, 0.29) is 12.3 Å². The number of carbonyl (C=O) groups excluding carboxylic acids is 2. The highest BCUT2D eigenvalue weighted by molar-refractivity contribution is 5.88. The van der Waals surface area contributed by atoms with Gasteiger partial charge in [0.05, 0.1) is 17.4 Å². The van der Waals surface area contributed by atoms with Gasteiger partial charge in [0.1, 0.15) is 0 Å². The summed E-state index contributed by atoms with van der Waals surface area (Å²) in [5.41, 5.74) is 3.17. The Kier molecular flexibility index (Phi) is 6.52. The van der Waals surface area contributed by atoms with Gasteiger partial charge < -0.3 is 10.0 Å². The molecule has 1 heterocycles. The number of carbonyl (C=O) groups is 2. The molecule has 28 heavy (non-hydrogen) atoms. The van der Waals surface area contributed by atoms with E-state index in [1.807, 2.05) is 25.1 Å². The number of nitrogens with one attached hydrogen (secondary N) is 1. The van der Waals surface area contributed by atoms with Gasteiger partial charge in [-0.1, -0.05) is 49.8 Å². The molecule has 2 aliphatic rings. The Morgan fingerprint density at radius 3 is 2.61 bits per heavy atom. The lowest BCUT2D eigenvalue weighted by molar-refractivity contribution is -0.153. The molecule has 0 radical (unpaired) electrons. The van der Waals surface area contributed by atoms with Crippen molar-refractivity contribution >= 4 is 17.4 Å². The Morgan fingerprint density at radius 2 is 2.00 bits per heavy atom. The maximum absolute atomic E-state index is 13.1. The molecule has 3 N–H and O–H groups in total. The Morgan fingerprint density at radius 1 is 1.25 bits per heavy atom. The largest absolute Gasteiger partial charge is 0.390 e. The fourth-order valence-electron chi connectivity index (χ4n) is 4.64. The van der Waals surface area contributed by atoms with Gasteiger partial charge in [-0.25, -0.2) is 5.48 Å². The lowest BCUT2D eigenvalue weighted by Crippen LogP contribution is -2.51. The Bertz CT molecular complexity index is 733. The van der Waals surface area contributed by atoms with Crippen molar-refractivity contribution in [2.45, 2.75) is 51.0 Å². The van der Waals surface area contributed by atoms with Gasteiger partial charge in [0.2, 0.25) is 11.8 Å². The molecule has 1 aliphatic carbocycles. The van der Waals surface area contributed by atoms with E-state index in [1.54, 1.807) is 10.4 Å². The van der Waals surface area contributed by atoms with Crippen LogP contribution in [0.25, 0.3) is 5.57 Å². The molecule has 1 fully saturated rings. The van der Waals surface area contributed by atoms with Crippen LogP contribution in [-0.2, 0) is 9.59 Å². The van der Waals surface area contributed by atoms with Gasteiger partial charge in [0, 0.05) is 13.1 Å². The average molecular weight is 386 g/mol. The predicted molar refractivity (Wildman–Crippen MR) is 106 cm³/mol. The summed E-state index contributed by atoms with van der Waals surface area (Å²) in [6.45, 7) is 3.12. The smallest absolute Gasteiger partial charge is 0.247 e. The Balaban J connectivity index is 1.70. The van der Waals surface area contributed by atoms with E-state index in [0.717, 1.165) is 12.8 Å². The van der Waals surface area contributed by atoms with Crippen molar-refractivity contribution in [1.82, 2.24) is 10.4 Å². The second kappa shape index (κ2) is 8.88. The van der Waals surface area contributed by atoms with Gasteiger partial charge in [0.15, 0.2) is 0 Å². The monoisotopic (exact) mass is 386 g/mol. The zero-order valence-electron chi connectivity index (χ0n) is 16.4. The van der Waals surface area contributed by atoms with E-state index in [4.69, 9.17) is 5.21 Å². The summed E-state index contributed by atoms with van der Waals surface area (Å²) < 4.78 is 0. The van der Waals surface area contributed by atoms with E-state index in [2.05, 4.69) is 18.2 Å². The summed E-state index contributed by atoms with van der Waals surface area (Å²) in [6.07, 6.45) is 5.43. The normalized spacial score (nSPS) is 27.8. The van der Waals surface area contributed by atoms with E-state index >= 15 is 0 Å². The van der Waals surface area contributed by atoms with Crippen molar-refractivity contribution in [3.63, 3.8) is 0 Å². The van der Waals surface area contributed by atoms with E-state index in [9.17, 15) is 14.7 Å². The summed E-state index contributed by atoms with van der Waals surface area (Å²) in [5, 5.41) is 19.9. The molecule has 2 amide bonds. The number of hydroxylamine groups is 1. The number of amides is 2. The molecule has 3 atom stereocenters. The molecule has 1 saturated carbocycles. The van der Waals surface area contributed by atoms with Gasteiger partial charge in [-0.3, -0.25) is 14.8 Å². The first kappa shape index (κ1) is 20.6. The van der Waals surface area contributed by atoms with E-state index in [1.165, 1.54) is 11.1 Å². The maximum atomic E-state index is 13.1. The first-order valence-corrected chi connectivity index (χ1v) is 10.2. The zero-order chi connectivity index (χ0) is 20.1. The molecule has 6 nitrogen and oxygen atoms in total. The van der Waals surface area contributed by atoms with Crippen LogP contribution >= 0.6 is 0 Å². The van der Waals surface area contributed by atoms with Gasteiger partial charge in [-0.15, -0.1) is 0 Å². The number of hydrogen-bond acceptors (Lipinski definition) is 4. The van der Waals surface area contributed by atoms with E-state index in [0.29, 0.717) is 32.4 Å². The molecular formula is C22H30N2O4. The van der Waals surface area contributed by atoms with Crippen molar-refractivity contribution in [3.8, 4) is 0 Å². The standard InChI is InChI=1S/C22H30N2O4/c1-2-11-22(27)12-8-18(19(15-22)20(25)23-28)21(26)24-13-9-17(10-14-24)16-6-4-3-5-7-16/h3-7,9,18-19,27-28H,2,8,10-15H2,1H3,(H,23,25)/t18-,19-,22+/m0/s1. The summed E-state index contributed by atoms with van der Waals surface area (Å²) >= 11 is 0. The quantitative estimate of drug-likeness (QED) is 0.536. The van der Waals surface area contributed by atoms with Crippen LogP contribution in [0.5, 0.6) is 0 Å². The van der Waals surface area contributed by atoms with Crippen molar-refractivity contribution in [3.05, 3.63) is 42.0 Å². The van der Waals surface area contributed by atoms with Crippen molar-refractivity contribution in [1.29, 1.82) is 0 Å². The number of aliphatic hydroxyl groups is 1. The summed E-state index contributed by atoms with van der Waals surface area (Å²) in [4.78, 5) is 27.2. The number of nitrogens with zero attached hydrogens (tertiary/aromatic N) is 1. The van der Waals surface area contributed by atoms with Crippen LogP contribution in [0.15, 0.2) is 36.4 Å². The van der Waals surface area contributed by atoms with Gasteiger partial charge in [-0.05, 0) is 43.2 Å². The molecule has 6 heteroatoms. The van der Waals surface area contributed by atoms with Gasteiger partial charge in [0.25, 0.3) is 0 Å². The molecule has 0 unspecified atom stereocenters. The summed E-state index contributed by atoms with van der Waals surface area (Å²) in [6, 6.07) is 10.1. The molecule has 1 aliphatic heterocycles. The zero-order valence-corrected chi connectivity index (χ0v) is 16.4. The topological polar surface area (TPSA) is 89.9 Å². The average Bonchev–Trinajstić information content (AvgIpc) is 2.73. The highest BCUT2D eigenvalue weighted by Crippen LogP contribution is 2.40. The predicted octanol–water partition coefficient (Wildman–Crippen LogP) is 2.76. The second-order valence-corrected chi connectivity index (χ2v) is 8.04. The van der Waals surface area contributed by atoms with Gasteiger partial charge >= 0.3 is 0 Å². The molecular weight excluding hydrogens is 356 g/mol. The number of rotatable bonds is 5.